The zero-order valence-electron chi connectivity index (χ0n) is 24.5. The Morgan fingerprint density at radius 2 is 0.957 bits per heavy atom. The summed E-state index contributed by atoms with van der Waals surface area (Å²) in [6, 6.07) is 25.3. The van der Waals surface area contributed by atoms with Gasteiger partial charge < -0.3 is 9.11 Å². The van der Waals surface area contributed by atoms with E-state index in [0.717, 1.165) is 21.7 Å². The zero-order chi connectivity index (χ0) is 36.5. The number of nitrogens with zero attached hydrogens (tertiary/aromatic N) is 2. The van der Waals surface area contributed by atoms with Crippen LogP contribution in [0.3, 0.4) is 0 Å². The van der Waals surface area contributed by atoms with Gasteiger partial charge in [0.25, 0.3) is 5.69 Å². The Balaban J connectivity index is 0.000000331. The van der Waals surface area contributed by atoms with Crippen molar-refractivity contribution in [2.24, 2.45) is 0 Å². The van der Waals surface area contributed by atoms with Crippen LogP contribution in [-0.2, 0) is 42.0 Å². The lowest BCUT2D eigenvalue weighted by atomic mass is 10.1. The second kappa shape index (κ2) is 16.5. The molecule has 0 radical (unpaired) electrons. The summed E-state index contributed by atoms with van der Waals surface area (Å²) >= 11 is 0. The number of nitriles is 1. The molecule has 0 saturated heterocycles. The maximum Gasteiger partial charge on any atom is 0.485 e. The van der Waals surface area contributed by atoms with Gasteiger partial charge >= 0.3 is 11.0 Å². The highest BCUT2D eigenvalue weighted by Crippen LogP contribution is 2.31. The SMILES string of the molecule is C[S+](C)c1ccc(C#N)c2ccccc12.C[S+](C)c1ccc([N+](=O)[O-])c2ccccc12.O=S(=O)([O-])C(F)(F)F.O=S(=O)([O-])C(F)(F)F. The van der Waals surface area contributed by atoms with Crippen LogP contribution >= 0.6 is 0 Å². The number of alkyl halides is 6. The number of benzene rings is 4. The third-order valence-electron chi connectivity index (χ3n) is 5.51. The molecule has 0 saturated carbocycles. The lowest BCUT2D eigenvalue weighted by Gasteiger charge is -2.08. The van der Waals surface area contributed by atoms with Gasteiger partial charge in [-0.05, 0) is 30.3 Å². The topological polar surface area (TPSA) is 181 Å². The molecular formula is C27H24F6N2O8S4. The molecule has 4 aromatic carbocycles. The van der Waals surface area contributed by atoms with Gasteiger partial charge in [0, 0.05) is 50.1 Å². The number of non-ortho nitro benzene ring substituents is 1. The first-order valence-corrected chi connectivity index (χ1v) is 19.0. The van der Waals surface area contributed by atoms with Crippen molar-refractivity contribution in [2.75, 3.05) is 25.0 Å². The van der Waals surface area contributed by atoms with Crippen molar-refractivity contribution in [1.82, 2.24) is 0 Å². The molecule has 47 heavy (non-hydrogen) atoms. The Hall–Kier alpha value is -3.61. The van der Waals surface area contributed by atoms with Gasteiger partial charge in [0.15, 0.2) is 30.0 Å². The van der Waals surface area contributed by atoms with Crippen LogP contribution in [0.1, 0.15) is 5.56 Å². The monoisotopic (exact) mass is 746 g/mol. The summed E-state index contributed by atoms with van der Waals surface area (Å²) in [5.74, 6) is 0. The Kier molecular flexibility index (Phi) is 14.5. The van der Waals surface area contributed by atoms with Crippen molar-refractivity contribution >= 4 is 69.3 Å². The van der Waals surface area contributed by atoms with E-state index in [4.69, 9.17) is 31.2 Å². The number of fused-ring (bicyclic) bond motifs is 2. The van der Waals surface area contributed by atoms with Crippen molar-refractivity contribution in [3.05, 3.63) is 88.5 Å². The van der Waals surface area contributed by atoms with Crippen molar-refractivity contribution in [1.29, 1.82) is 5.26 Å². The number of nitro groups is 1. The fourth-order valence-corrected chi connectivity index (χ4v) is 5.41. The molecule has 0 bridgehead atoms. The van der Waals surface area contributed by atoms with Gasteiger partial charge in [-0.15, -0.1) is 0 Å². The average molecular weight is 747 g/mol. The fraction of sp³-hybridized carbons (Fsp3) is 0.222. The van der Waals surface area contributed by atoms with Crippen LogP contribution in [0.15, 0.2) is 82.6 Å². The lowest BCUT2D eigenvalue weighted by Crippen LogP contribution is -2.21. The van der Waals surface area contributed by atoms with E-state index in [1.165, 1.54) is 15.2 Å². The predicted molar refractivity (Wildman–Crippen MR) is 166 cm³/mol. The average Bonchev–Trinajstić information content (AvgIpc) is 2.94. The summed E-state index contributed by atoms with van der Waals surface area (Å²) in [5, 5.41) is 23.9. The first kappa shape index (κ1) is 41.4. The first-order valence-electron chi connectivity index (χ1n) is 12.1. The number of hydrogen-bond acceptors (Lipinski definition) is 9. The van der Waals surface area contributed by atoms with Crippen LogP contribution in [0.4, 0.5) is 32.0 Å². The minimum atomic E-state index is -6.09. The molecule has 0 heterocycles. The molecule has 0 aromatic heterocycles. The molecule has 10 nitrogen and oxygen atoms in total. The predicted octanol–water partition coefficient (Wildman–Crippen LogP) is 6.04. The van der Waals surface area contributed by atoms with Gasteiger partial charge in [-0.25, -0.2) is 16.8 Å². The zero-order valence-corrected chi connectivity index (χ0v) is 27.8. The second-order valence-corrected chi connectivity index (χ2v) is 16.0. The van der Waals surface area contributed by atoms with Gasteiger partial charge in [0.2, 0.25) is 0 Å². The van der Waals surface area contributed by atoms with Crippen LogP contribution in [0.2, 0.25) is 0 Å². The van der Waals surface area contributed by atoms with Gasteiger partial charge in [0.05, 0.1) is 21.9 Å². The molecule has 0 unspecified atom stereocenters. The standard InChI is InChI=1S/C13H12NS.C12H12NO2S.2CHF3O3S/c1-15(2)13-8-7-10(9-14)11-5-3-4-6-12(11)13;1-16(2)12-8-7-11(13(14)15)9-5-3-4-6-10(9)12;2*2-1(3,4)8(5,6)7/h3-8H,1-2H3;3-8H,1-2H3;2*(H,5,6,7)/q2*+1;;/p-2. The van der Waals surface area contributed by atoms with Crippen molar-refractivity contribution < 1.29 is 57.2 Å². The van der Waals surface area contributed by atoms with Gasteiger partial charge in [-0.1, -0.05) is 30.3 Å². The molecule has 4 aromatic rings. The summed E-state index contributed by atoms with van der Waals surface area (Å²) < 4.78 is 118. The summed E-state index contributed by atoms with van der Waals surface area (Å²) in [6.45, 7) is 0. The van der Waals surface area contributed by atoms with Crippen LogP contribution < -0.4 is 0 Å². The number of halogens is 6. The molecule has 20 heteroatoms. The molecule has 0 aliphatic rings. The molecule has 4 rings (SSSR count). The Bertz CT molecular complexity index is 1940. The normalized spacial score (nSPS) is 11.9. The van der Waals surface area contributed by atoms with Crippen LogP contribution in [0, 0.1) is 21.4 Å². The number of nitro benzene ring substituents is 1. The molecule has 0 N–H and O–H groups in total. The van der Waals surface area contributed by atoms with E-state index in [9.17, 15) is 36.5 Å². The van der Waals surface area contributed by atoms with Gasteiger partial charge in [-0.2, -0.15) is 31.6 Å². The maximum atomic E-state index is 10.9. The quantitative estimate of drug-likeness (QED) is 0.0603. The molecule has 0 fully saturated rings. The highest BCUT2D eigenvalue weighted by Gasteiger charge is 2.37. The minimum absolute atomic E-state index is 0.102. The van der Waals surface area contributed by atoms with E-state index >= 15 is 0 Å². The number of hydrogen-bond donors (Lipinski definition) is 0. The van der Waals surface area contributed by atoms with E-state index < -0.39 is 31.3 Å². The molecule has 0 aliphatic heterocycles. The lowest BCUT2D eigenvalue weighted by molar-refractivity contribution is -0.383. The fourth-order valence-electron chi connectivity index (χ4n) is 3.50. The van der Waals surface area contributed by atoms with Gasteiger partial charge in [-0.3, -0.25) is 10.1 Å². The van der Waals surface area contributed by atoms with Crippen molar-refractivity contribution in [3.8, 4) is 6.07 Å². The Labute approximate surface area is 271 Å². The van der Waals surface area contributed by atoms with Crippen LogP contribution in [-0.4, -0.2) is 66.9 Å². The Morgan fingerprint density at radius 1 is 0.638 bits per heavy atom. The molecule has 0 spiro atoms. The summed E-state index contributed by atoms with van der Waals surface area (Å²) in [5.41, 5.74) is -10.3. The molecule has 0 amide bonds. The maximum absolute atomic E-state index is 10.9. The third-order valence-corrected chi connectivity index (χ3v) is 9.11. The largest absolute Gasteiger partial charge is 0.741 e. The minimum Gasteiger partial charge on any atom is -0.741 e. The highest BCUT2D eigenvalue weighted by atomic mass is 32.2. The van der Waals surface area contributed by atoms with E-state index in [1.807, 2.05) is 54.6 Å². The molecular weight excluding hydrogens is 723 g/mol. The van der Waals surface area contributed by atoms with E-state index in [0.29, 0.717) is 0 Å². The first-order chi connectivity index (χ1) is 21.3. The third kappa shape index (κ3) is 11.9. The van der Waals surface area contributed by atoms with Crippen molar-refractivity contribution in [3.63, 3.8) is 0 Å². The van der Waals surface area contributed by atoms with Gasteiger partial charge in [0.1, 0.15) is 25.0 Å². The Morgan fingerprint density at radius 3 is 1.28 bits per heavy atom. The summed E-state index contributed by atoms with van der Waals surface area (Å²) in [6.07, 6.45) is 8.64. The molecule has 0 atom stereocenters. The second-order valence-electron chi connectivity index (χ2n) is 9.09. The van der Waals surface area contributed by atoms with Crippen LogP contribution in [0.5, 0.6) is 0 Å². The van der Waals surface area contributed by atoms with E-state index in [-0.39, 0.29) is 32.4 Å². The van der Waals surface area contributed by atoms with E-state index in [1.54, 1.807) is 6.07 Å². The van der Waals surface area contributed by atoms with Crippen LogP contribution in [0.25, 0.3) is 21.5 Å². The summed E-state index contributed by atoms with van der Waals surface area (Å²) in [7, 11) is -11.9. The molecule has 256 valence electrons. The van der Waals surface area contributed by atoms with E-state index in [2.05, 4.69) is 43.2 Å². The smallest absolute Gasteiger partial charge is 0.485 e. The highest BCUT2D eigenvalue weighted by molar-refractivity contribution is 7.96. The van der Waals surface area contributed by atoms with Crippen molar-refractivity contribution in [2.45, 2.75) is 20.8 Å². The number of rotatable bonds is 3. The summed E-state index contributed by atoms with van der Waals surface area (Å²) in [4.78, 5) is 13.1. The molecule has 0 aliphatic carbocycles.